The van der Waals surface area contributed by atoms with Crippen molar-refractivity contribution in [1.82, 2.24) is 4.90 Å². The second-order valence-corrected chi connectivity index (χ2v) is 7.59. The highest BCUT2D eigenvalue weighted by Crippen LogP contribution is 2.29. The summed E-state index contributed by atoms with van der Waals surface area (Å²) in [7, 11) is 0. The van der Waals surface area contributed by atoms with Gasteiger partial charge in [-0.3, -0.25) is 0 Å². The summed E-state index contributed by atoms with van der Waals surface area (Å²) in [5.74, 6) is 0. The fraction of sp³-hybridized carbons (Fsp3) is 0.933. The Hall–Kier alpha value is -0.770. The van der Waals surface area contributed by atoms with Crippen molar-refractivity contribution in [3.63, 3.8) is 0 Å². The highest BCUT2D eigenvalue weighted by molar-refractivity contribution is 5.68. The minimum Gasteiger partial charge on any atom is -0.444 e. The van der Waals surface area contributed by atoms with Gasteiger partial charge in [-0.2, -0.15) is 0 Å². The van der Waals surface area contributed by atoms with E-state index >= 15 is 0 Å². The Labute approximate surface area is 117 Å². The van der Waals surface area contributed by atoms with Crippen LogP contribution in [-0.2, 0) is 4.74 Å². The second-order valence-electron chi connectivity index (χ2n) is 7.59. The molecule has 1 rings (SSSR count). The van der Waals surface area contributed by atoms with E-state index in [0.29, 0.717) is 6.42 Å². The molecule has 112 valence electrons. The van der Waals surface area contributed by atoms with E-state index < -0.39 is 11.7 Å². The number of ether oxygens (including phenoxy) is 1. The first kappa shape index (κ1) is 16.3. The van der Waals surface area contributed by atoms with Crippen LogP contribution in [0.1, 0.15) is 60.8 Å². The van der Waals surface area contributed by atoms with Gasteiger partial charge in [-0.15, -0.1) is 0 Å². The van der Waals surface area contributed by atoms with Crippen LogP contribution in [0.15, 0.2) is 0 Å². The first-order valence-corrected chi connectivity index (χ1v) is 7.18. The lowest BCUT2D eigenvalue weighted by Gasteiger charge is -2.33. The van der Waals surface area contributed by atoms with Crippen LogP contribution >= 0.6 is 0 Å². The highest BCUT2D eigenvalue weighted by Gasteiger charge is 2.35. The van der Waals surface area contributed by atoms with E-state index in [9.17, 15) is 9.90 Å². The zero-order chi connectivity index (χ0) is 14.8. The SMILES string of the molecule is CC(C)(C)OC(=O)N1CCCC1CC(O)C(C)(C)C. The van der Waals surface area contributed by atoms with E-state index in [2.05, 4.69) is 0 Å². The van der Waals surface area contributed by atoms with Crippen LogP contribution in [0.5, 0.6) is 0 Å². The number of likely N-dealkylation sites (tertiary alicyclic amines) is 1. The molecule has 0 radical (unpaired) electrons. The lowest BCUT2D eigenvalue weighted by Crippen LogP contribution is -2.42. The zero-order valence-electron chi connectivity index (χ0n) is 13.2. The summed E-state index contributed by atoms with van der Waals surface area (Å²) < 4.78 is 5.42. The second kappa shape index (κ2) is 5.70. The first-order valence-electron chi connectivity index (χ1n) is 7.18. The van der Waals surface area contributed by atoms with Gasteiger partial charge in [0.2, 0.25) is 0 Å². The summed E-state index contributed by atoms with van der Waals surface area (Å²) in [6.45, 7) is 12.4. The van der Waals surface area contributed by atoms with Gasteiger partial charge in [-0.25, -0.2) is 4.79 Å². The van der Waals surface area contributed by atoms with Crippen LogP contribution in [0.4, 0.5) is 4.79 Å². The number of rotatable bonds is 2. The van der Waals surface area contributed by atoms with Gasteiger partial charge in [0.15, 0.2) is 0 Å². The van der Waals surface area contributed by atoms with Crippen molar-refractivity contribution in [3.8, 4) is 0 Å². The van der Waals surface area contributed by atoms with E-state index in [0.717, 1.165) is 19.4 Å². The summed E-state index contributed by atoms with van der Waals surface area (Å²) in [4.78, 5) is 13.9. The smallest absolute Gasteiger partial charge is 0.410 e. The van der Waals surface area contributed by atoms with Crippen molar-refractivity contribution < 1.29 is 14.6 Å². The van der Waals surface area contributed by atoms with Crippen molar-refractivity contribution >= 4 is 6.09 Å². The number of nitrogens with zero attached hydrogens (tertiary/aromatic N) is 1. The summed E-state index contributed by atoms with van der Waals surface area (Å²) >= 11 is 0. The largest absolute Gasteiger partial charge is 0.444 e. The van der Waals surface area contributed by atoms with Crippen molar-refractivity contribution in [1.29, 1.82) is 0 Å². The molecule has 2 atom stereocenters. The minimum atomic E-state index is -0.465. The summed E-state index contributed by atoms with van der Waals surface area (Å²) in [6.07, 6.45) is 1.91. The molecule has 0 bridgehead atoms. The summed E-state index contributed by atoms with van der Waals surface area (Å²) in [5.41, 5.74) is -0.616. The van der Waals surface area contributed by atoms with Gasteiger partial charge < -0.3 is 14.7 Å². The molecule has 1 aliphatic rings. The number of aliphatic hydroxyl groups excluding tert-OH is 1. The quantitative estimate of drug-likeness (QED) is 0.839. The first-order chi connectivity index (χ1) is 8.50. The van der Waals surface area contributed by atoms with Gasteiger partial charge in [0.05, 0.1) is 6.10 Å². The molecule has 4 heteroatoms. The number of aliphatic hydroxyl groups is 1. The standard InChI is InChI=1S/C15H29NO3/c1-14(2,3)12(17)10-11-8-7-9-16(11)13(18)19-15(4,5)6/h11-12,17H,7-10H2,1-6H3. The molecule has 1 fully saturated rings. The molecule has 0 aliphatic carbocycles. The normalized spacial score (nSPS) is 22.5. The third-order valence-corrected chi connectivity index (χ3v) is 3.50. The Morgan fingerprint density at radius 1 is 1.32 bits per heavy atom. The molecule has 1 saturated heterocycles. The Kier molecular flexibility index (Phi) is 4.88. The van der Waals surface area contributed by atoms with Crippen LogP contribution in [-0.4, -0.2) is 40.4 Å². The zero-order valence-corrected chi connectivity index (χ0v) is 13.2. The predicted octanol–water partition coefficient (Wildman–Crippen LogP) is 3.18. The lowest BCUT2D eigenvalue weighted by molar-refractivity contribution is 0.00627. The molecule has 0 saturated carbocycles. The maximum absolute atomic E-state index is 12.1. The Balaban J connectivity index is 2.62. The van der Waals surface area contributed by atoms with Gasteiger partial charge in [-0.1, -0.05) is 20.8 Å². The Morgan fingerprint density at radius 3 is 2.37 bits per heavy atom. The minimum absolute atomic E-state index is 0.101. The third-order valence-electron chi connectivity index (χ3n) is 3.50. The molecule has 4 nitrogen and oxygen atoms in total. The number of hydrogen-bond acceptors (Lipinski definition) is 3. The molecule has 0 spiro atoms. The number of carbonyl (C=O) groups excluding carboxylic acids is 1. The van der Waals surface area contributed by atoms with Crippen LogP contribution < -0.4 is 0 Å². The van der Waals surface area contributed by atoms with Gasteiger partial charge in [-0.05, 0) is 45.4 Å². The average Bonchev–Trinajstić information content (AvgIpc) is 2.61. The molecule has 0 aromatic rings. The van der Waals surface area contributed by atoms with Crippen molar-refractivity contribution in [2.24, 2.45) is 5.41 Å². The van der Waals surface area contributed by atoms with E-state index in [1.54, 1.807) is 4.90 Å². The molecule has 0 aromatic heterocycles. The number of hydrogen-bond donors (Lipinski definition) is 1. The monoisotopic (exact) mass is 271 g/mol. The van der Waals surface area contributed by atoms with Crippen LogP contribution in [0.25, 0.3) is 0 Å². The average molecular weight is 271 g/mol. The summed E-state index contributed by atoms with van der Waals surface area (Å²) in [6, 6.07) is 0.101. The van der Waals surface area contributed by atoms with Crippen molar-refractivity contribution in [3.05, 3.63) is 0 Å². The molecule has 2 unspecified atom stereocenters. The van der Waals surface area contributed by atoms with Gasteiger partial charge in [0, 0.05) is 12.6 Å². The van der Waals surface area contributed by atoms with Crippen molar-refractivity contribution in [2.75, 3.05) is 6.54 Å². The predicted molar refractivity (Wildman–Crippen MR) is 76.0 cm³/mol. The molecular formula is C15H29NO3. The fourth-order valence-electron chi connectivity index (χ4n) is 2.25. The van der Waals surface area contributed by atoms with Crippen molar-refractivity contribution in [2.45, 2.75) is 78.6 Å². The van der Waals surface area contributed by atoms with Gasteiger partial charge >= 0.3 is 6.09 Å². The molecule has 19 heavy (non-hydrogen) atoms. The molecular weight excluding hydrogens is 242 g/mol. The fourth-order valence-corrected chi connectivity index (χ4v) is 2.25. The third kappa shape index (κ3) is 5.01. The van der Waals surface area contributed by atoms with E-state index in [1.807, 2.05) is 41.5 Å². The topological polar surface area (TPSA) is 49.8 Å². The van der Waals surface area contributed by atoms with Gasteiger partial charge in [0.25, 0.3) is 0 Å². The maximum atomic E-state index is 12.1. The van der Waals surface area contributed by atoms with Gasteiger partial charge in [0.1, 0.15) is 5.60 Å². The molecule has 1 aliphatic heterocycles. The van der Waals surface area contributed by atoms with E-state index in [-0.39, 0.29) is 17.6 Å². The molecule has 1 N–H and O–H groups in total. The van der Waals surface area contributed by atoms with Crippen LogP contribution in [0.3, 0.4) is 0 Å². The Morgan fingerprint density at radius 2 is 1.89 bits per heavy atom. The van der Waals surface area contributed by atoms with Crippen LogP contribution in [0.2, 0.25) is 0 Å². The number of amides is 1. The van der Waals surface area contributed by atoms with E-state index in [4.69, 9.17) is 4.74 Å². The molecule has 1 heterocycles. The molecule has 0 aromatic carbocycles. The number of carbonyl (C=O) groups is 1. The maximum Gasteiger partial charge on any atom is 0.410 e. The van der Waals surface area contributed by atoms with Crippen LogP contribution in [0, 0.1) is 5.41 Å². The lowest BCUT2D eigenvalue weighted by atomic mass is 9.85. The highest BCUT2D eigenvalue weighted by atomic mass is 16.6. The Bertz CT molecular complexity index is 314. The van der Waals surface area contributed by atoms with E-state index in [1.165, 1.54) is 0 Å². The molecule has 1 amide bonds. The summed E-state index contributed by atoms with van der Waals surface area (Å²) in [5, 5.41) is 10.2.